The van der Waals surface area contributed by atoms with Gasteiger partial charge in [-0.1, -0.05) is 0 Å². The van der Waals surface area contributed by atoms with Crippen molar-refractivity contribution in [3.8, 4) is 0 Å². The van der Waals surface area contributed by atoms with Crippen LogP contribution in [0.1, 0.15) is 37.1 Å². The number of thiophene rings is 1. The van der Waals surface area contributed by atoms with Crippen LogP contribution in [-0.4, -0.2) is 19.8 Å². The standard InChI is InChI=1S/C13H20BrNOS/c1-10(12-5-6-13(14)17-12)15-7-2-8-16-9-11-3-4-11/h5-6,10-11,15H,2-4,7-9H2,1H3. The summed E-state index contributed by atoms with van der Waals surface area (Å²) in [5.74, 6) is 0.880. The molecular weight excluding hydrogens is 298 g/mol. The van der Waals surface area contributed by atoms with Crippen molar-refractivity contribution in [2.75, 3.05) is 19.8 Å². The molecule has 0 radical (unpaired) electrons. The minimum atomic E-state index is 0.440. The first-order chi connectivity index (χ1) is 8.25. The summed E-state index contributed by atoms with van der Waals surface area (Å²) in [5, 5.41) is 3.53. The molecule has 1 saturated carbocycles. The Morgan fingerprint density at radius 3 is 3.00 bits per heavy atom. The van der Waals surface area contributed by atoms with E-state index in [1.54, 1.807) is 11.3 Å². The van der Waals surface area contributed by atoms with E-state index >= 15 is 0 Å². The van der Waals surface area contributed by atoms with Crippen molar-refractivity contribution in [2.45, 2.75) is 32.2 Å². The fourth-order valence-electron chi connectivity index (χ4n) is 1.69. The Morgan fingerprint density at radius 1 is 1.53 bits per heavy atom. The summed E-state index contributed by atoms with van der Waals surface area (Å²) < 4.78 is 6.81. The molecule has 0 aliphatic heterocycles. The fraction of sp³-hybridized carbons (Fsp3) is 0.692. The summed E-state index contributed by atoms with van der Waals surface area (Å²) >= 11 is 5.29. The van der Waals surface area contributed by atoms with Gasteiger partial charge in [0.1, 0.15) is 0 Å². The lowest BCUT2D eigenvalue weighted by Gasteiger charge is -2.11. The van der Waals surface area contributed by atoms with Crippen LogP contribution in [0, 0.1) is 5.92 Å². The van der Waals surface area contributed by atoms with Crippen LogP contribution in [0.5, 0.6) is 0 Å². The lowest BCUT2D eigenvalue weighted by molar-refractivity contribution is 0.121. The third kappa shape index (κ3) is 5.08. The second-order valence-corrected chi connectivity index (χ2v) is 7.18. The second kappa shape index (κ2) is 6.88. The van der Waals surface area contributed by atoms with E-state index < -0.39 is 0 Å². The second-order valence-electron chi connectivity index (χ2n) is 4.69. The van der Waals surface area contributed by atoms with Gasteiger partial charge in [-0.25, -0.2) is 0 Å². The monoisotopic (exact) mass is 317 g/mol. The molecule has 2 rings (SSSR count). The van der Waals surface area contributed by atoms with Gasteiger partial charge in [0.15, 0.2) is 0 Å². The summed E-state index contributed by atoms with van der Waals surface area (Å²) in [4.78, 5) is 1.38. The van der Waals surface area contributed by atoms with Gasteiger partial charge in [0, 0.05) is 24.1 Å². The van der Waals surface area contributed by atoms with E-state index in [2.05, 4.69) is 40.3 Å². The van der Waals surface area contributed by atoms with Crippen LogP contribution in [0.4, 0.5) is 0 Å². The quantitative estimate of drug-likeness (QED) is 0.732. The molecule has 1 unspecified atom stereocenters. The fourth-order valence-corrected chi connectivity index (χ4v) is 3.14. The van der Waals surface area contributed by atoms with Crippen LogP contribution in [0.3, 0.4) is 0 Å². The Labute approximate surface area is 116 Å². The summed E-state index contributed by atoms with van der Waals surface area (Å²) in [6, 6.07) is 4.72. The molecular formula is C13H20BrNOS. The SMILES string of the molecule is CC(NCCCOCC1CC1)c1ccc(Br)s1. The highest BCUT2D eigenvalue weighted by atomic mass is 79.9. The first-order valence-electron chi connectivity index (χ1n) is 6.32. The average Bonchev–Trinajstić information content (AvgIpc) is 3.04. The molecule has 1 fully saturated rings. The van der Waals surface area contributed by atoms with Crippen LogP contribution in [-0.2, 0) is 4.74 Å². The van der Waals surface area contributed by atoms with E-state index in [4.69, 9.17) is 4.74 Å². The number of halogens is 1. The highest BCUT2D eigenvalue weighted by molar-refractivity contribution is 9.11. The zero-order valence-corrected chi connectivity index (χ0v) is 12.6. The largest absolute Gasteiger partial charge is 0.381 e. The molecule has 1 aliphatic rings. The van der Waals surface area contributed by atoms with E-state index in [9.17, 15) is 0 Å². The van der Waals surface area contributed by atoms with Gasteiger partial charge in [-0.05, 0) is 66.7 Å². The molecule has 1 atom stereocenters. The van der Waals surface area contributed by atoms with Crippen molar-refractivity contribution < 1.29 is 4.74 Å². The zero-order valence-electron chi connectivity index (χ0n) is 10.2. The maximum Gasteiger partial charge on any atom is 0.0701 e. The van der Waals surface area contributed by atoms with Gasteiger partial charge in [0.2, 0.25) is 0 Å². The van der Waals surface area contributed by atoms with E-state index in [0.29, 0.717) is 6.04 Å². The number of hydrogen-bond donors (Lipinski definition) is 1. The molecule has 0 spiro atoms. The normalized spacial score (nSPS) is 17.3. The van der Waals surface area contributed by atoms with Crippen LogP contribution >= 0.6 is 27.3 Å². The Kier molecular flexibility index (Phi) is 5.48. The van der Waals surface area contributed by atoms with Gasteiger partial charge < -0.3 is 10.1 Å². The van der Waals surface area contributed by atoms with E-state index in [1.807, 2.05) is 0 Å². The van der Waals surface area contributed by atoms with Crippen molar-refractivity contribution in [3.05, 3.63) is 20.8 Å². The minimum absolute atomic E-state index is 0.440. The Balaban J connectivity index is 1.51. The summed E-state index contributed by atoms with van der Waals surface area (Å²) in [5.41, 5.74) is 0. The highest BCUT2D eigenvalue weighted by Crippen LogP contribution is 2.29. The van der Waals surface area contributed by atoms with Crippen LogP contribution in [0.2, 0.25) is 0 Å². The van der Waals surface area contributed by atoms with Gasteiger partial charge in [-0.15, -0.1) is 11.3 Å². The van der Waals surface area contributed by atoms with Crippen molar-refractivity contribution in [1.82, 2.24) is 5.32 Å². The summed E-state index contributed by atoms with van der Waals surface area (Å²) in [7, 11) is 0. The predicted molar refractivity (Wildman–Crippen MR) is 76.6 cm³/mol. The lowest BCUT2D eigenvalue weighted by Crippen LogP contribution is -2.20. The van der Waals surface area contributed by atoms with E-state index in [1.165, 1.54) is 21.5 Å². The number of rotatable bonds is 8. The molecule has 1 N–H and O–H groups in total. The third-order valence-electron chi connectivity index (χ3n) is 2.99. The number of nitrogens with one attached hydrogen (secondary N) is 1. The number of hydrogen-bond acceptors (Lipinski definition) is 3. The van der Waals surface area contributed by atoms with Crippen LogP contribution in [0.25, 0.3) is 0 Å². The van der Waals surface area contributed by atoms with Crippen molar-refractivity contribution in [2.24, 2.45) is 5.92 Å². The molecule has 0 saturated heterocycles. The predicted octanol–water partition coefficient (Wildman–Crippen LogP) is 3.98. The minimum Gasteiger partial charge on any atom is -0.381 e. The first-order valence-corrected chi connectivity index (χ1v) is 7.93. The van der Waals surface area contributed by atoms with Gasteiger partial charge >= 0.3 is 0 Å². The van der Waals surface area contributed by atoms with E-state index in [0.717, 1.165) is 32.1 Å². The zero-order chi connectivity index (χ0) is 12.1. The van der Waals surface area contributed by atoms with Gasteiger partial charge in [0.05, 0.1) is 3.79 Å². The third-order valence-corrected chi connectivity index (χ3v) is 4.79. The Bertz CT molecular complexity index is 338. The highest BCUT2D eigenvalue weighted by Gasteiger charge is 2.20. The van der Waals surface area contributed by atoms with Crippen molar-refractivity contribution in [1.29, 1.82) is 0 Å². The lowest BCUT2D eigenvalue weighted by atomic mass is 10.2. The molecule has 2 nitrogen and oxygen atoms in total. The summed E-state index contributed by atoms with van der Waals surface area (Å²) in [6.45, 7) is 5.11. The molecule has 4 heteroatoms. The molecule has 1 aromatic heterocycles. The molecule has 1 aromatic rings. The van der Waals surface area contributed by atoms with Crippen LogP contribution < -0.4 is 5.32 Å². The molecule has 96 valence electrons. The van der Waals surface area contributed by atoms with Crippen molar-refractivity contribution >= 4 is 27.3 Å². The first kappa shape index (κ1) is 13.5. The summed E-state index contributed by atoms with van der Waals surface area (Å²) in [6.07, 6.45) is 3.86. The number of ether oxygens (including phenoxy) is 1. The van der Waals surface area contributed by atoms with Crippen molar-refractivity contribution in [3.63, 3.8) is 0 Å². The molecule has 17 heavy (non-hydrogen) atoms. The maximum absolute atomic E-state index is 5.60. The molecule has 0 bridgehead atoms. The van der Waals surface area contributed by atoms with Gasteiger partial charge in [0.25, 0.3) is 0 Å². The van der Waals surface area contributed by atoms with Crippen LogP contribution in [0.15, 0.2) is 15.9 Å². The molecule has 0 aromatic carbocycles. The Morgan fingerprint density at radius 2 is 2.35 bits per heavy atom. The van der Waals surface area contributed by atoms with Gasteiger partial charge in [-0.2, -0.15) is 0 Å². The Hall–Kier alpha value is 0.1000. The average molecular weight is 318 g/mol. The molecule has 1 heterocycles. The van der Waals surface area contributed by atoms with E-state index in [-0.39, 0.29) is 0 Å². The molecule has 0 amide bonds. The van der Waals surface area contributed by atoms with Gasteiger partial charge in [-0.3, -0.25) is 0 Å². The topological polar surface area (TPSA) is 21.3 Å². The molecule has 1 aliphatic carbocycles. The maximum atomic E-state index is 5.60. The smallest absolute Gasteiger partial charge is 0.0701 e.